The fraction of sp³-hybridized carbons (Fsp3) is 0.680. The number of nitrogens with one attached hydrogen (secondary N) is 1. The molecule has 2 N–H and O–H groups in total. The van der Waals surface area contributed by atoms with Crippen LogP contribution in [-0.2, 0) is 19.1 Å². The number of carbonyl (C=O) groups excluding carboxylic acids is 2. The number of fused-ring (bicyclic) bond motifs is 4. The fourth-order valence-corrected chi connectivity index (χ4v) is 5.73. The maximum Gasteiger partial charge on any atom is 0.230 e. The molecule has 0 spiro atoms. The highest BCUT2D eigenvalue weighted by Crippen LogP contribution is 2.46. The van der Waals surface area contributed by atoms with Crippen molar-refractivity contribution in [2.45, 2.75) is 69.2 Å². The third-order valence-electron chi connectivity index (χ3n) is 7.45. The Labute approximate surface area is 194 Å². The molecule has 0 saturated carbocycles. The van der Waals surface area contributed by atoms with Gasteiger partial charge in [0.25, 0.3) is 0 Å². The second-order valence-corrected chi connectivity index (χ2v) is 9.66. The number of anilines is 1. The van der Waals surface area contributed by atoms with Crippen LogP contribution >= 0.6 is 0 Å². The van der Waals surface area contributed by atoms with Crippen LogP contribution in [0.5, 0.6) is 5.75 Å². The predicted molar refractivity (Wildman–Crippen MR) is 121 cm³/mol. The van der Waals surface area contributed by atoms with Gasteiger partial charge in [-0.15, -0.1) is 0 Å². The molecule has 4 aliphatic heterocycles. The number of carbonyl (C=O) groups is 2. The quantitative estimate of drug-likeness (QED) is 0.704. The summed E-state index contributed by atoms with van der Waals surface area (Å²) in [5.41, 5.74) is 1.68. The molecule has 4 heterocycles. The molecule has 4 atom stereocenters. The van der Waals surface area contributed by atoms with Gasteiger partial charge in [0.2, 0.25) is 11.8 Å². The van der Waals surface area contributed by atoms with E-state index in [0.717, 1.165) is 55.8 Å². The van der Waals surface area contributed by atoms with E-state index in [0.29, 0.717) is 19.6 Å². The lowest BCUT2D eigenvalue weighted by atomic mass is 9.76. The van der Waals surface area contributed by atoms with Crippen LogP contribution in [0.3, 0.4) is 0 Å². The smallest absolute Gasteiger partial charge is 0.230 e. The predicted octanol–water partition coefficient (Wildman–Crippen LogP) is 2.45. The molecule has 3 saturated heterocycles. The molecule has 8 nitrogen and oxygen atoms in total. The molecule has 0 aliphatic carbocycles. The zero-order chi connectivity index (χ0) is 22.8. The van der Waals surface area contributed by atoms with E-state index >= 15 is 0 Å². The van der Waals surface area contributed by atoms with Crippen molar-refractivity contribution >= 4 is 17.5 Å². The van der Waals surface area contributed by atoms with Crippen molar-refractivity contribution in [3.8, 4) is 5.75 Å². The fourth-order valence-electron chi connectivity index (χ4n) is 5.73. The van der Waals surface area contributed by atoms with Crippen LogP contribution in [0.4, 0.5) is 5.69 Å². The van der Waals surface area contributed by atoms with Crippen molar-refractivity contribution in [2.75, 3.05) is 38.2 Å². The molecule has 1 aromatic carbocycles. The summed E-state index contributed by atoms with van der Waals surface area (Å²) in [5, 5.41) is 13.1. The Morgan fingerprint density at radius 2 is 1.97 bits per heavy atom. The first-order valence-corrected chi connectivity index (χ1v) is 12.4. The van der Waals surface area contributed by atoms with E-state index in [9.17, 15) is 14.7 Å². The molecular formula is C25H34N2O6. The van der Waals surface area contributed by atoms with Gasteiger partial charge in [-0.2, -0.15) is 0 Å². The lowest BCUT2D eigenvalue weighted by molar-refractivity contribution is -0.152. The van der Waals surface area contributed by atoms with Gasteiger partial charge in [-0.25, -0.2) is 0 Å². The molecule has 3 fully saturated rings. The minimum Gasteiger partial charge on any atom is -0.490 e. The van der Waals surface area contributed by atoms with Crippen LogP contribution in [0.15, 0.2) is 18.2 Å². The highest BCUT2D eigenvalue weighted by Gasteiger charge is 2.46. The zero-order valence-electron chi connectivity index (χ0n) is 19.0. The molecule has 0 unspecified atom stereocenters. The molecular weight excluding hydrogens is 424 g/mol. The van der Waals surface area contributed by atoms with E-state index in [2.05, 4.69) is 5.32 Å². The van der Waals surface area contributed by atoms with E-state index in [4.69, 9.17) is 14.2 Å². The molecule has 8 heteroatoms. The van der Waals surface area contributed by atoms with Crippen LogP contribution < -0.4 is 10.1 Å². The van der Waals surface area contributed by atoms with Gasteiger partial charge in [0.05, 0.1) is 44.4 Å². The van der Waals surface area contributed by atoms with E-state index in [1.165, 1.54) is 6.42 Å². The summed E-state index contributed by atoms with van der Waals surface area (Å²) in [4.78, 5) is 28.0. The van der Waals surface area contributed by atoms with Gasteiger partial charge in [-0.3, -0.25) is 9.59 Å². The average molecular weight is 459 g/mol. The van der Waals surface area contributed by atoms with Crippen LogP contribution in [0.1, 0.15) is 56.4 Å². The summed E-state index contributed by atoms with van der Waals surface area (Å²) in [7, 11) is 0. The van der Waals surface area contributed by atoms with Gasteiger partial charge in [-0.1, -0.05) is 0 Å². The summed E-state index contributed by atoms with van der Waals surface area (Å²) in [6.07, 6.45) is 4.82. The number of piperidine rings is 1. The van der Waals surface area contributed by atoms with Crippen LogP contribution in [-0.4, -0.2) is 73.0 Å². The van der Waals surface area contributed by atoms with Crippen LogP contribution in [0, 0.1) is 5.92 Å². The van der Waals surface area contributed by atoms with Crippen molar-refractivity contribution < 1.29 is 28.9 Å². The normalized spacial score (nSPS) is 30.2. The molecule has 2 amide bonds. The Morgan fingerprint density at radius 1 is 1.18 bits per heavy atom. The number of rotatable bonds is 5. The zero-order valence-corrected chi connectivity index (χ0v) is 19.0. The van der Waals surface area contributed by atoms with Gasteiger partial charge in [0.1, 0.15) is 11.9 Å². The van der Waals surface area contributed by atoms with Gasteiger partial charge in [0, 0.05) is 43.1 Å². The molecule has 0 aromatic heterocycles. The topological polar surface area (TPSA) is 97.3 Å². The molecule has 180 valence electrons. The number of likely N-dealkylation sites (tertiary alicyclic amines) is 1. The third kappa shape index (κ3) is 4.88. The van der Waals surface area contributed by atoms with Gasteiger partial charge < -0.3 is 29.5 Å². The number of hydrogen-bond acceptors (Lipinski definition) is 6. The summed E-state index contributed by atoms with van der Waals surface area (Å²) >= 11 is 0. The largest absolute Gasteiger partial charge is 0.490 e. The van der Waals surface area contributed by atoms with E-state index < -0.39 is 12.0 Å². The number of aliphatic hydroxyl groups is 1. The summed E-state index contributed by atoms with van der Waals surface area (Å²) in [6.45, 7) is 2.70. The Balaban J connectivity index is 1.39. The molecule has 4 aliphatic rings. The number of benzene rings is 1. The van der Waals surface area contributed by atoms with Gasteiger partial charge in [-0.05, 0) is 43.9 Å². The molecule has 1 aromatic rings. The highest BCUT2D eigenvalue weighted by atomic mass is 16.5. The first kappa shape index (κ1) is 22.6. The van der Waals surface area contributed by atoms with Crippen LogP contribution in [0.2, 0.25) is 0 Å². The van der Waals surface area contributed by atoms with Crippen molar-refractivity contribution in [2.24, 2.45) is 5.92 Å². The summed E-state index contributed by atoms with van der Waals surface area (Å²) < 4.78 is 18.0. The average Bonchev–Trinajstić information content (AvgIpc) is 2.96. The van der Waals surface area contributed by atoms with Crippen molar-refractivity contribution in [3.05, 3.63) is 23.8 Å². The second kappa shape index (κ2) is 9.99. The minimum atomic E-state index is -0.659. The Kier molecular flexibility index (Phi) is 6.85. The molecule has 2 bridgehead atoms. The standard InChI is InChI=1S/C25H34N2O6/c28-15-22-24-20(13-18(33-22)14-23(29)27-8-2-1-3-9-27)19-12-16(26-25(24)30)4-5-21(19)32-17-6-10-31-11-7-17/h4-5,12,17-18,20,22,24,28H,1-3,6-11,13-15H2,(H,26,30)/t18-,20+,22+,24-/m0/s1. The first-order chi connectivity index (χ1) is 16.1. The summed E-state index contributed by atoms with van der Waals surface area (Å²) in [6, 6.07) is 5.78. The SMILES string of the molecule is O=C1Nc2ccc(OC3CCOCC3)c(c2)[C@H]2C[C@@H](CC(=O)N3CCCCC3)O[C@H](CO)[C@@H]12. The molecule has 0 radical (unpaired) electrons. The van der Waals surface area contributed by atoms with Gasteiger partial charge >= 0.3 is 0 Å². The third-order valence-corrected chi connectivity index (χ3v) is 7.45. The van der Waals surface area contributed by atoms with Gasteiger partial charge in [0.15, 0.2) is 0 Å². The number of nitrogens with zero attached hydrogens (tertiary/aromatic N) is 1. The first-order valence-electron chi connectivity index (χ1n) is 12.4. The van der Waals surface area contributed by atoms with E-state index in [-0.39, 0.29) is 43.0 Å². The van der Waals surface area contributed by atoms with Crippen molar-refractivity contribution in [1.29, 1.82) is 0 Å². The maximum absolute atomic E-state index is 13.1. The van der Waals surface area contributed by atoms with Crippen LogP contribution in [0.25, 0.3) is 0 Å². The van der Waals surface area contributed by atoms with Crippen molar-refractivity contribution in [3.63, 3.8) is 0 Å². The number of amides is 2. The van der Waals surface area contributed by atoms with Crippen molar-refractivity contribution in [1.82, 2.24) is 4.90 Å². The Morgan fingerprint density at radius 3 is 2.73 bits per heavy atom. The number of ether oxygens (including phenoxy) is 3. The number of hydrogen-bond donors (Lipinski definition) is 2. The van der Waals surface area contributed by atoms with E-state index in [1.807, 2.05) is 23.1 Å². The maximum atomic E-state index is 13.1. The monoisotopic (exact) mass is 458 g/mol. The Hall–Kier alpha value is -2.16. The van der Waals surface area contributed by atoms with E-state index in [1.54, 1.807) is 0 Å². The lowest BCUT2D eigenvalue weighted by Gasteiger charge is -2.41. The molecule has 33 heavy (non-hydrogen) atoms. The second-order valence-electron chi connectivity index (χ2n) is 9.66. The highest BCUT2D eigenvalue weighted by molar-refractivity contribution is 5.95. The lowest BCUT2D eigenvalue weighted by Crippen LogP contribution is -2.48. The number of aliphatic hydroxyl groups excluding tert-OH is 1. The minimum absolute atomic E-state index is 0.0798. The molecule has 5 rings (SSSR count). The summed E-state index contributed by atoms with van der Waals surface area (Å²) in [5.74, 6) is -0.00381. The Bertz CT molecular complexity index is 864.